The SMILES string of the molecule is [CH2+]CCCCCCCCCCCCCC=O. The fraction of sp³-hybridized carbons (Fsp3) is 0.867. The lowest BCUT2D eigenvalue weighted by atomic mass is 10.0. The van der Waals surface area contributed by atoms with E-state index in [0.29, 0.717) is 0 Å². The zero-order valence-corrected chi connectivity index (χ0v) is 10.9. The zero-order valence-electron chi connectivity index (χ0n) is 10.9. The Bertz CT molecular complexity index is 131. The van der Waals surface area contributed by atoms with E-state index in [-0.39, 0.29) is 0 Å². The minimum atomic E-state index is 0.756. The molecule has 0 bridgehead atoms. The minimum Gasteiger partial charge on any atom is -0.303 e. The van der Waals surface area contributed by atoms with Crippen LogP contribution in [0.5, 0.6) is 0 Å². The normalized spacial score (nSPS) is 10.5. The summed E-state index contributed by atoms with van der Waals surface area (Å²) >= 11 is 0. The molecule has 0 fully saturated rings. The van der Waals surface area contributed by atoms with Gasteiger partial charge in [0.15, 0.2) is 0 Å². The monoisotopic (exact) mass is 225 g/mol. The van der Waals surface area contributed by atoms with Gasteiger partial charge in [-0.05, 0) is 19.3 Å². The highest BCUT2D eigenvalue weighted by Gasteiger charge is 1.93. The van der Waals surface area contributed by atoms with Crippen molar-refractivity contribution in [1.29, 1.82) is 0 Å². The van der Waals surface area contributed by atoms with Crippen LogP contribution < -0.4 is 0 Å². The summed E-state index contributed by atoms with van der Waals surface area (Å²) in [5.41, 5.74) is 0. The number of rotatable bonds is 13. The van der Waals surface area contributed by atoms with E-state index >= 15 is 0 Å². The first-order valence-corrected chi connectivity index (χ1v) is 7.14. The van der Waals surface area contributed by atoms with Crippen LogP contribution in [-0.2, 0) is 4.79 Å². The number of carbonyl (C=O) groups excluding carboxylic acids is 1. The van der Waals surface area contributed by atoms with Crippen molar-refractivity contribution in [3.8, 4) is 0 Å². The topological polar surface area (TPSA) is 17.1 Å². The van der Waals surface area contributed by atoms with Crippen molar-refractivity contribution >= 4 is 6.29 Å². The number of aldehydes is 1. The molecule has 0 aliphatic carbocycles. The van der Waals surface area contributed by atoms with Crippen LogP contribution >= 0.6 is 0 Å². The predicted molar refractivity (Wildman–Crippen MR) is 71.4 cm³/mol. The van der Waals surface area contributed by atoms with Gasteiger partial charge in [0.2, 0.25) is 0 Å². The van der Waals surface area contributed by atoms with Crippen LogP contribution in [0.4, 0.5) is 0 Å². The molecule has 94 valence electrons. The summed E-state index contributed by atoms with van der Waals surface area (Å²) in [6.45, 7) is 3.85. The second kappa shape index (κ2) is 14.5. The van der Waals surface area contributed by atoms with Gasteiger partial charge < -0.3 is 4.79 Å². The summed E-state index contributed by atoms with van der Waals surface area (Å²) in [6.07, 6.45) is 17.6. The molecular formula is C15H29O+. The Kier molecular flexibility index (Phi) is 14.1. The van der Waals surface area contributed by atoms with Crippen molar-refractivity contribution in [2.45, 2.75) is 83.5 Å². The van der Waals surface area contributed by atoms with Gasteiger partial charge in [0.25, 0.3) is 0 Å². The Balaban J connectivity index is 2.85. The fourth-order valence-corrected chi connectivity index (χ4v) is 2.00. The van der Waals surface area contributed by atoms with Crippen molar-refractivity contribution < 1.29 is 4.79 Å². The van der Waals surface area contributed by atoms with Gasteiger partial charge in [-0.1, -0.05) is 51.4 Å². The van der Waals surface area contributed by atoms with Crippen molar-refractivity contribution in [2.75, 3.05) is 0 Å². The molecule has 16 heavy (non-hydrogen) atoms. The molecule has 0 saturated carbocycles. The van der Waals surface area contributed by atoms with E-state index in [9.17, 15) is 4.79 Å². The molecule has 0 rings (SSSR count). The molecular weight excluding hydrogens is 196 g/mol. The fourth-order valence-electron chi connectivity index (χ4n) is 2.00. The summed E-state index contributed by atoms with van der Waals surface area (Å²) in [7, 11) is 0. The van der Waals surface area contributed by atoms with Crippen molar-refractivity contribution in [2.24, 2.45) is 0 Å². The molecule has 0 aromatic carbocycles. The number of hydrogen-bond acceptors (Lipinski definition) is 1. The summed E-state index contributed by atoms with van der Waals surface area (Å²) in [5, 5.41) is 0. The Labute approximate surface area is 102 Å². The second-order valence-electron chi connectivity index (χ2n) is 4.70. The van der Waals surface area contributed by atoms with Gasteiger partial charge >= 0.3 is 0 Å². The Morgan fingerprint density at radius 1 is 0.625 bits per heavy atom. The molecule has 0 heterocycles. The average Bonchev–Trinajstić information content (AvgIpc) is 2.31. The first-order chi connectivity index (χ1) is 7.91. The van der Waals surface area contributed by atoms with Crippen LogP contribution in [0.2, 0.25) is 0 Å². The first-order valence-electron chi connectivity index (χ1n) is 7.14. The van der Waals surface area contributed by atoms with Crippen LogP contribution in [0.1, 0.15) is 83.5 Å². The van der Waals surface area contributed by atoms with Crippen molar-refractivity contribution in [1.82, 2.24) is 0 Å². The summed E-state index contributed by atoms with van der Waals surface area (Å²) < 4.78 is 0. The third kappa shape index (κ3) is 13.5. The Morgan fingerprint density at radius 3 is 1.38 bits per heavy atom. The lowest BCUT2D eigenvalue weighted by Gasteiger charge is -2.01. The summed E-state index contributed by atoms with van der Waals surface area (Å²) in [4.78, 5) is 10.1. The van der Waals surface area contributed by atoms with Gasteiger partial charge in [0.1, 0.15) is 6.29 Å². The lowest BCUT2D eigenvalue weighted by molar-refractivity contribution is -0.107. The van der Waals surface area contributed by atoms with Crippen LogP contribution in [0.15, 0.2) is 0 Å². The quantitative estimate of drug-likeness (QED) is 0.242. The maximum atomic E-state index is 10.1. The molecule has 1 heteroatoms. The highest BCUT2D eigenvalue weighted by molar-refractivity contribution is 5.48. The summed E-state index contributed by atoms with van der Waals surface area (Å²) in [5.74, 6) is 0. The van der Waals surface area contributed by atoms with Crippen molar-refractivity contribution in [3.63, 3.8) is 0 Å². The van der Waals surface area contributed by atoms with Crippen LogP contribution in [0, 0.1) is 6.92 Å². The van der Waals surface area contributed by atoms with Crippen LogP contribution in [-0.4, -0.2) is 6.29 Å². The highest BCUT2D eigenvalue weighted by atomic mass is 16.1. The Hall–Kier alpha value is -0.460. The molecule has 0 atom stereocenters. The van der Waals surface area contributed by atoms with Gasteiger partial charge in [-0.15, -0.1) is 0 Å². The maximum absolute atomic E-state index is 10.1. The largest absolute Gasteiger partial charge is 0.303 e. The Morgan fingerprint density at radius 2 is 1.00 bits per heavy atom. The third-order valence-electron chi connectivity index (χ3n) is 3.07. The van der Waals surface area contributed by atoms with Gasteiger partial charge in [0, 0.05) is 6.42 Å². The number of unbranched alkanes of at least 4 members (excludes halogenated alkanes) is 12. The standard InChI is InChI=1S/C15H29O/c1-2-3-4-5-6-7-8-9-10-11-12-13-14-15-16/h15H,1-14H2/q+1. The third-order valence-corrected chi connectivity index (χ3v) is 3.07. The van der Waals surface area contributed by atoms with Gasteiger partial charge in [-0.3, -0.25) is 0 Å². The van der Waals surface area contributed by atoms with Crippen molar-refractivity contribution in [3.05, 3.63) is 6.92 Å². The molecule has 0 saturated heterocycles. The average molecular weight is 225 g/mol. The maximum Gasteiger partial charge on any atom is 0.119 e. The van der Waals surface area contributed by atoms with Crippen LogP contribution in [0.3, 0.4) is 0 Å². The molecule has 0 amide bonds. The second-order valence-corrected chi connectivity index (χ2v) is 4.70. The molecule has 0 aliphatic heterocycles. The first kappa shape index (κ1) is 15.5. The van der Waals surface area contributed by atoms with E-state index in [0.717, 1.165) is 25.5 Å². The molecule has 0 unspecified atom stereocenters. The van der Waals surface area contributed by atoms with E-state index in [1.54, 1.807) is 0 Å². The van der Waals surface area contributed by atoms with E-state index in [1.807, 2.05) is 0 Å². The molecule has 0 radical (unpaired) electrons. The summed E-state index contributed by atoms with van der Waals surface area (Å²) in [6, 6.07) is 0. The predicted octanol–water partition coefficient (Wildman–Crippen LogP) is 5.09. The minimum absolute atomic E-state index is 0.756. The van der Waals surface area contributed by atoms with Gasteiger partial charge in [0.05, 0.1) is 13.3 Å². The van der Waals surface area contributed by atoms with E-state index in [1.165, 1.54) is 64.2 Å². The molecule has 0 aromatic rings. The molecule has 1 nitrogen and oxygen atoms in total. The number of hydrogen-bond donors (Lipinski definition) is 0. The molecule has 0 N–H and O–H groups in total. The van der Waals surface area contributed by atoms with Crippen LogP contribution in [0.25, 0.3) is 0 Å². The molecule has 0 aromatic heterocycles. The zero-order chi connectivity index (χ0) is 11.9. The molecule has 0 aliphatic rings. The smallest absolute Gasteiger partial charge is 0.119 e. The van der Waals surface area contributed by atoms with E-state index < -0.39 is 0 Å². The molecule has 0 spiro atoms. The van der Waals surface area contributed by atoms with Gasteiger partial charge in [-0.25, -0.2) is 0 Å². The van der Waals surface area contributed by atoms with E-state index in [4.69, 9.17) is 0 Å². The highest BCUT2D eigenvalue weighted by Crippen LogP contribution is 2.11. The lowest BCUT2D eigenvalue weighted by Crippen LogP contribution is -1.83. The number of carbonyl (C=O) groups is 1. The van der Waals surface area contributed by atoms with Gasteiger partial charge in [-0.2, -0.15) is 0 Å². The van der Waals surface area contributed by atoms with E-state index in [2.05, 4.69) is 6.92 Å².